The third-order valence-electron chi connectivity index (χ3n) is 4.56. The minimum absolute atomic E-state index is 0.0520. The zero-order valence-electron chi connectivity index (χ0n) is 15.6. The summed E-state index contributed by atoms with van der Waals surface area (Å²) in [7, 11) is 0. The Kier molecular flexibility index (Phi) is 5.27. The summed E-state index contributed by atoms with van der Waals surface area (Å²) in [6.45, 7) is 6.86. The molecule has 3 N–H and O–H groups in total. The summed E-state index contributed by atoms with van der Waals surface area (Å²) in [5.74, 6) is 0.803. The molecule has 1 atom stereocenters. The van der Waals surface area contributed by atoms with Crippen LogP contribution in [0.2, 0.25) is 0 Å². The van der Waals surface area contributed by atoms with Crippen molar-refractivity contribution >= 4 is 22.8 Å². The van der Waals surface area contributed by atoms with E-state index in [2.05, 4.69) is 20.3 Å². The summed E-state index contributed by atoms with van der Waals surface area (Å²) in [4.78, 5) is 25.9. The zero-order chi connectivity index (χ0) is 18.7. The Bertz CT molecular complexity index is 806. The smallest absolute Gasteiger partial charge is 0.246 e. The van der Waals surface area contributed by atoms with Crippen molar-refractivity contribution in [1.82, 2.24) is 19.9 Å². The molecule has 1 saturated heterocycles. The second-order valence-corrected chi connectivity index (χ2v) is 7.52. The molecular weight excluding hydrogens is 330 g/mol. The molecule has 0 radical (unpaired) electrons. The van der Waals surface area contributed by atoms with Crippen molar-refractivity contribution in [1.29, 1.82) is 0 Å². The number of carbonyl (C=O) groups is 1. The topological polar surface area (TPSA) is 94.1 Å². The van der Waals surface area contributed by atoms with Crippen LogP contribution in [-0.2, 0) is 11.2 Å². The lowest BCUT2D eigenvalue weighted by atomic mass is 9.98. The monoisotopic (exact) mass is 357 g/mol. The first-order chi connectivity index (χ1) is 12.4. The molecule has 3 rings (SSSR count). The maximum Gasteiger partial charge on any atom is 0.246 e. The van der Waals surface area contributed by atoms with Crippen LogP contribution in [0.25, 0.3) is 11.0 Å². The number of likely N-dealkylation sites (tertiary alicyclic amines) is 1. The number of fused-ring (bicyclic) bond motifs is 1. The van der Waals surface area contributed by atoms with Crippen molar-refractivity contribution in [3.63, 3.8) is 0 Å². The van der Waals surface area contributed by atoms with Gasteiger partial charge >= 0.3 is 0 Å². The second kappa shape index (κ2) is 7.45. The van der Waals surface area contributed by atoms with Gasteiger partial charge in [0.15, 0.2) is 0 Å². The van der Waals surface area contributed by atoms with E-state index in [0.717, 1.165) is 41.8 Å². The number of carbonyl (C=O) groups excluding carboxylic acids is 1. The number of aromatic nitrogens is 3. The molecule has 0 aromatic carbocycles. The predicted octanol–water partition coefficient (Wildman–Crippen LogP) is 2.25. The molecule has 7 heteroatoms. The van der Waals surface area contributed by atoms with Crippen LogP contribution in [0.3, 0.4) is 0 Å². The van der Waals surface area contributed by atoms with Crippen molar-refractivity contribution in [2.75, 3.05) is 18.4 Å². The molecule has 0 saturated carbocycles. The predicted molar refractivity (Wildman–Crippen MR) is 102 cm³/mol. The summed E-state index contributed by atoms with van der Waals surface area (Å²) in [5, 5.41) is 14.6. The molecule has 3 heterocycles. The van der Waals surface area contributed by atoms with E-state index >= 15 is 0 Å². The van der Waals surface area contributed by atoms with Crippen molar-refractivity contribution in [2.24, 2.45) is 0 Å². The number of nitrogens with one attached hydrogen (secondary N) is 2. The van der Waals surface area contributed by atoms with E-state index in [1.807, 2.05) is 18.0 Å². The van der Waals surface area contributed by atoms with Crippen molar-refractivity contribution < 1.29 is 9.90 Å². The molecule has 26 heavy (non-hydrogen) atoms. The van der Waals surface area contributed by atoms with Crippen molar-refractivity contribution in [2.45, 2.75) is 51.7 Å². The third-order valence-corrected chi connectivity index (χ3v) is 4.56. The van der Waals surface area contributed by atoms with Crippen molar-refractivity contribution in [3.8, 4) is 0 Å². The molecule has 1 aliphatic heterocycles. The lowest BCUT2D eigenvalue weighted by molar-refractivity contribution is -0.127. The van der Waals surface area contributed by atoms with Crippen LogP contribution in [-0.4, -0.2) is 55.6 Å². The lowest BCUT2D eigenvalue weighted by Crippen LogP contribution is -2.44. The fourth-order valence-electron chi connectivity index (χ4n) is 3.48. The quantitative estimate of drug-likeness (QED) is 0.714. The van der Waals surface area contributed by atoms with E-state index < -0.39 is 5.60 Å². The fraction of sp³-hybridized carbons (Fsp3) is 0.526. The van der Waals surface area contributed by atoms with Gasteiger partial charge in [-0.2, -0.15) is 0 Å². The number of piperidine rings is 1. The normalized spacial score (nSPS) is 18.6. The molecule has 1 fully saturated rings. The first kappa shape index (κ1) is 18.4. The van der Waals surface area contributed by atoms with Gasteiger partial charge in [0.25, 0.3) is 0 Å². The number of nitrogens with zero attached hydrogens (tertiary/aromatic N) is 3. The molecule has 1 aliphatic rings. The number of H-pyrrole nitrogens is 1. The minimum Gasteiger partial charge on any atom is -0.390 e. The number of hydrogen-bond acceptors (Lipinski definition) is 5. The molecule has 140 valence electrons. The van der Waals surface area contributed by atoms with Crippen LogP contribution >= 0.6 is 0 Å². The van der Waals surface area contributed by atoms with Gasteiger partial charge in [-0.25, -0.2) is 9.97 Å². The summed E-state index contributed by atoms with van der Waals surface area (Å²) < 4.78 is 0. The highest BCUT2D eigenvalue weighted by molar-refractivity contribution is 5.90. The van der Waals surface area contributed by atoms with E-state index in [0.29, 0.717) is 13.0 Å². The third kappa shape index (κ3) is 4.22. The molecule has 1 amide bonds. The van der Waals surface area contributed by atoms with E-state index in [-0.39, 0.29) is 11.9 Å². The number of rotatable bonds is 5. The zero-order valence-corrected chi connectivity index (χ0v) is 15.6. The molecule has 0 unspecified atom stereocenters. The van der Waals surface area contributed by atoms with Crippen LogP contribution in [0, 0.1) is 0 Å². The largest absolute Gasteiger partial charge is 0.390 e. The summed E-state index contributed by atoms with van der Waals surface area (Å²) in [6, 6.07) is 0.140. The van der Waals surface area contributed by atoms with Crippen molar-refractivity contribution in [3.05, 3.63) is 30.2 Å². The van der Waals surface area contributed by atoms with Gasteiger partial charge in [0.2, 0.25) is 5.91 Å². The number of hydrogen-bond donors (Lipinski definition) is 3. The van der Waals surface area contributed by atoms with Crippen LogP contribution in [0.1, 0.15) is 39.2 Å². The molecule has 7 nitrogen and oxygen atoms in total. The molecule has 0 bridgehead atoms. The Labute approximate surface area is 153 Å². The Balaban J connectivity index is 1.82. The minimum atomic E-state index is -0.817. The lowest BCUT2D eigenvalue weighted by Gasteiger charge is -2.33. The van der Waals surface area contributed by atoms with Gasteiger partial charge in [0.1, 0.15) is 17.8 Å². The maximum absolute atomic E-state index is 12.1. The second-order valence-electron chi connectivity index (χ2n) is 7.52. The number of anilines is 1. The average molecular weight is 357 g/mol. The van der Waals surface area contributed by atoms with E-state index in [9.17, 15) is 9.90 Å². The van der Waals surface area contributed by atoms with Gasteiger partial charge in [0, 0.05) is 31.7 Å². The van der Waals surface area contributed by atoms with E-state index in [1.165, 1.54) is 6.33 Å². The molecule has 0 aliphatic carbocycles. The van der Waals surface area contributed by atoms with Crippen LogP contribution < -0.4 is 5.32 Å². The number of aromatic amines is 1. The summed E-state index contributed by atoms with van der Waals surface area (Å²) in [5.41, 5.74) is 0.913. The Hall–Kier alpha value is -2.41. The number of amides is 1. The number of allylic oxidation sites excluding steroid dienone is 1. The Morgan fingerprint density at radius 2 is 2.31 bits per heavy atom. The SMILES string of the molecule is CC=CC(=O)N1CCC[C@@H](Nc2ncnc3[nH]cc(CC(C)(C)O)c23)C1. The maximum atomic E-state index is 12.1. The fourth-order valence-corrected chi connectivity index (χ4v) is 3.48. The van der Waals surface area contributed by atoms with Gasteiger partial charge in [-0.1, -0.05) is 6.08 Å². The first-order valence-corrected chi connectivity index (χ1v) is 9.09. The molecule has 2 aromatic rings. The van der Waals surface area contributed by atoms with E-state index in [1.54, 1.807) is 26.0 Å². The summed E-state index contributed by atoms with van der Waals surface area (Å²) >= 11 is 0. The molecule has 2 aromatic heterocycles. The van der Waals surface area contributed by atoms with Gasteiger partial charge in [-0.05, 0) is 45.3 Å². The summed E-state index contributed by atoms with van der Waals surface area (Å²) in [6.07, 6.45) is 9.24. The van der Waals surface area contributed by atoms with Gasteiger partial charge in [-0.3, -0.25) is 4.79 Å². The average Bonchev–Trinajstić information content (AvgIpc) is 2.97. The van der Waals surface area contributed by atoms with Gasteiger partial charge < -0.3 is 20.3 Å². The molecular formula is C19H27N5O2. The van der Waals surface area contributed by atoms with Crippen LogP contribution in [0.4, 0.5) is 5.82 Å². The first-order valence-electron chi connectivity index (χ1n) is 9.09. The Morgan fingerprint density at radius 1 is 1.50 bits per heavy atom. The highest BCUT2D eigenvalue weighted by atomic mass is 16.3. The molecule has 0 spiro atoms. The standard InChI is InChI=1S/C19H27N5O2/c1-4-6-15(25)24-8-5-7-14(11-24)23-18-16-13(9-19(2,3)26)10-20-17(16)21-12-22-18/h4,6,10,12,14,26H,5,7-9,11H2,1-3H3,(H2,20,21,22,23)/t14-/m1/s1. The van der Waals surface area contributed by atoms with Gasteiger partial charge in [-0.15, -0.1) is 0 Å². The van der Waals surface area contributed by atoms with E-state index in [4.69, 9.17) is 0 Å². The highest BCUT2D eigenvalue weighted by Gasteiger charge is 2.24. The highest BCUT2D eigenvalue weighted by Crippen LogP contribution is 2.28. The Morgan fingerprint density at radius 3 is 3.04 bits per heavy atom. The van der Waals surface area contributed by atoms with Gasteiger partial charge in [0.05, 0.1) is 11.0 Å². The van der Waals surface area contributed by atoms with Crippen LogP contribution in [0.5, 0.6) is 0 Å². The van der Waals surface area contributed by atoms with Crippen LogP contribution in [0.15, 0.2) is 24.7 Å². The number of aliphatic hydroxyl groups is 1.